The molecule has 0 atom stereocenters. The van der Waals surface area contributed by atoms with E-state index < -0.39 is 16.1 Å². The number of rotatable bonds is 9. The van der Waals surface area contributed by atoms with Crippen LogP contribution >= 0.6 is 0 Å². The summed E-state index contributed by atoms with van der Waals surface area (Å²) < 4.78 is 4.74. The fourth-order valence-electron chi connectivity index (χ4n) is 12.5. The molecule has 5 nitrogen and oxygen atoms in total. The van der Waals surface area contributed by atoms with E-state index in [1.165, 1.54) is 52.3 Å². The molecule has 0 fully saturated rings. The molecular formula is C67H49N5Si2. The van der Waals surface area contributed by atoms with Gasteiger partial charge in [-0.25, -0.2) is 9.97 Å². The van der Waals surface area contributed by atoms with Gasteiger partial charge in [0.2, 0.25) is 0 Å². The van der Waals surface area contributed by atoms with Gasteiger partial charge in [-0.05, 0) is 90.0 Å². The number of aromatic nitrogens is 4. The van der Waals surface area contributed by atoms with Crippen LogP contribution in [0.15, 0.2) is 279 Å². The Hall–Kier alpha value is -9.15. The zero-order valence-electron chi connectivity index (χ0n) is 40.8. The van der Waals surface area contributed by atoms with Gasteiger partial charge in [0, 0.05) is 41.0 Å². The standard InChI is InChI=1S/C67H49N5Si2/c1-70-60-39-20-18-37-58(60)69-67(70)48-24-23-35-54(46-48)73(50-27-9-3-10-28-50,51-29-11-4-12-30-51)55-41-43-62-61(47-55)72(64-40-21-22-45-68-64)66-63(74(62,52-31-13-5-14-32-52)53-33-15-6-16-34-53)44-42-57-56-36-17-19-38-59(56)71(65(57)66)49-25-7-2-8-26-49/h2-47H,1H3. The summed E-state index contributed by atoms with van der Waals surface area (Å²) in [6.45, 7) is 0. The lowest BCUT2D eigenvalue weighted by molar-refractivity contribution is 0.959. The first-order valence-electron chi connectivity index (χ1n) is 25.4. The van der Waals surface area contributed by atoms with Crippen molar-refractivity contribution in [3.8, 4) is 17.1 Å². The molecule has 0 saturated heterocycles. The normalized spacial score (nSPS) is 13.0. The van der Waals surface area contributed by atoms with E-state index >= 15 is 0 Å². The molecule has 1 aliphatic heterocycles. The molecule has 0 N–H and O–H groups in total. The van der Waals surface area contributed by atoms with Crippen LogP contribution in [0, 0.1) is 0 Å². The Morgan fingerprint density at radius 2 is 1.00 bits per heavy atom. The highest BCUT2D eigenvalue weighted by atomic mass is 28.3. The number of imidazole rings is 1. The summed E-state index contributed by atoms with van der Waals surface area (Å²) in [5, 5.41) is 12.9. The SMILES string of the molecule is Cn1c(-c2cccc([Si](c3ccccc3)(c3ccccc3)c3ccc4c(c3)N(c3ccccn3)c3c(ccc5c6ccccc6n(-c6ccccc6)c35)[Si]4(c3ccccc3)c3ccccc3)c2)nc2ccccc21. The average Bonchev–Trinajstić information content (AvgIpc) is 4.01. The van der Waals surface area contributed by atoms with E-state index in [0.29, 0.717) is 0 Å². The molecule has 0 amide bonds. The van der Waals surface area contributed by atoms with Crippen LogP contribution in [0.3, 0.4) is 0 Å². The first-order valence-corrected chi connectivity index (χ1v) is 29.4. The van der Waals surface area contributed by atoms with Crippen LogP contribution in [-0.4, -0.2) is 35.2 Å². The van der Waals surface area contributed by atoms with Gasteiger partial charge < -0.3 is 9.13 Å². The Morgan fingerprint density at radius 3 is 1.66 bits per heavy atom. The molecule has 0 saturated carbocycles. The summed E-state index contributed by atoms with van der Waals surface area (Å²) in [5.41, 5.74) is 8.90. The number of fused-ring (bicyclic) bond motifs is 7. The number of benzene rings is 10. The predicted molar refractivity (Wildman–Crippen MR) is 314 cm³/mol. The predicted octanol–water partition coefficient (Wildman–Crippen LogP) is 10.3. The van der Waals surface area contributed by atoms with Crippen LogP contribution in [0.25, 0.3) is 49.9 Å². The van der Waals surface area contributed by atoms with Gasteiger partial charge in [-0.15, -0.1) is 0 Å². The summed E-state index contributed by atoms with van der Waals surface area (Å²) in [5.74, 6) is 1.81. The Kier molecular flexibility index (Phi) is 10.4. The summed E-state index contributed by atoms with van der Waals surface area (Å²) >= 11 is 0. The van der Waals surface area contributed by atoms with E-state index in [1.807, 2.05) is 12.3 Å². The number of hydrogen-bond donors (Lipinski definition) is 0. The second-order valence-electron chi connectivity index (χ2n) is 19.3. The number of pyridine rings is 1. The minimum Gasteiger partial charge on any atom is -0.327 e. The first-order chi connectivity index (χ1) is 36.7. The lowest BCUT2D eigenvalue weighted by Gasteiger charge is -2.46. The van der Waals surface area contributed by atoms with Gasteiger partial charge in [-0.3, -0.25) is 4.90 Å². The first kappa shape index (κ1) is 43.6. The van der Waals surface area contributed by atoms with E-state index in [9.17, 15) is 0 Å². The fourth-order valence-corrected chi connectivity index (χ4v) is 22.4. The van der Waals surface area contributed by atoms with Gasteiger partial charge in [0.1, 0.15) is 11.6 Å². The van der Waals surface area contributed by atoms with Gasteiger partial charge in [0.25, 0.3) is 0 Å². The number of aryl methyl sites for hydroxylation is 1. The van der Waals surface area contributed by atoms with Gasteiger partial charge >= 0.3 is 0 Å². The molecule has 0 radical (unpaired) electrons. The van der Waals surface area contributed by atoms with Crippen molar-refractivity contribution in [3.05, 3.63) is 279 Å². The third-order valence-electron chi connectivity index (χ3n) is 15.6. The number of hydrogen-bond acceptors (Lipinski definition) is 3. The van der Waals surface area contributed by atoms with Crippen LogP contribution in [0.5, 0.6) is 0 Å². The smallest absolute Gasteiger partial charge is 0.184 e. The third-order valence-corrected chi connectivity index (χ3v) is 25.2. The van der Waals surface area contributed by atoms with Crippen LogP contribution in [-0.2, 0) is 7.05 Å². The third kappa shape index (κ3) is 6.47. The minimum absolute atomic E-state index is 0.865. The highest BCUT2D eigenvalue weighted by Crippen LogP contribution is 2.45. The summed E-state index contributed by atoms with van der Waals surface area (Å²) in [4.78, 5) is 13.1. The maximum atomic E-state index is 5.33. The molecule has 0 unspecified atom stereocenters. The number of anilines is 3. The van der Waals surface area contributed by atoms with Crippen molar-refractivity contribution in [2.24, 2.45) is 7.05 Å². The molecule has 0 bridgehead atoms. The highest BCUT2D eigenvalue weighted by molar-refractivity contribution is 7.22. The molecular weight excluding hydrogens is 931 g/mol. The molecule has 10 aromatic carbocycles. The highest BCUT2D eigenvalue weighted by Gasteiger charge is 2.51. The average molecular weight is 980 g/mol. The summed E-state index contributed by atoms with van der Waals surface area (Å²) in [6.07, 6.45) is 1.94. The van der Waals surface area contributed by atoms with Crippen molar-refractivity contribution in [1.82, 2.24) is 19.1 Å². The zero-order chi connectivity index (χ0) is 49.2. The van der Waals surface area contributed by atoms with Gasteiger partial charge in [-0.1, -0.05) is 224 Å². The Labute approximate surface area is 432 Å². The topological polar surface area (TPSA) is 38.9 Å². The summed E-state index contributed by atoms with van der Waals surface area (Å²) in [6, 6.07) is 102. The van der Waals surface area contributed by atoms with Crippen molar-refractivity contribution >= 4 is 108 Å². The Bertz CT molecular complexity index is 4120. The molecule has 74 heavy (non-hydrogen) atoms. The minimum atomic E-state index is -3.22. The van der Waals surface area contributed by atoms with Crippen molar-refractivity contribution in [3.63, 3.8) is 0 Å². The fraction of sp³-hybridized carbons (Fsp3) is 0.0149. The van der Waals surface area contributed by atoms with E-state index in [2.05, 4.69) is 288 Å². The lowest BCUT2D eigenvalue weighted by atomic mass is 10.1. The van der Waals surface area contributed by atoms with E-state index in [0.717, 1.165) is 56.3 Å². The van der Waals surface area contributed by atoms with Gasteiger partial charge in [-0.2, -0.15) is 0 Å². The summed E-state index contributed by atoms with van der Waals surface area (Å²) in [7, 11) is -4.31. The number of nitrogens with zero attached hydrogens (tertiary/aromatic N) is 5. The van der Waals surface area contributed by atoms with Crippen LogP contribution in [0.4, 0.5) is 17.2 Å². The van der Waals surface area contributed by atoms with Gasteiger partial charge in [0.15, 0.2) is 16.1 Å². The molecule has 0 spiro atoms. The van der Waals surface area contributed by atoms with Crippen LogP contribution in [0.1, 0.15) is 0 Å². The Balaban J connectivity index is 1.16. The van der Waals surface area contributed by atoms with Crippen molar-refractivity contribution in [2.75, 3.05) is 4.90 Å². The molecule has 7 heteroatoms. The maximum absolute atomic E-state index is 5.33. The number of para-hydroxylation sites is 4. The maximum Gasteiger partial charge on any atom is 0.184 e. The van der Waals surface area contributed by atoms with E-state index in [4.69, 9.17) is 9.97 Å². The van der Waals surface area contributed by atoms with Crippen LogP contribution in [0.2, 0.25) is 0 Å². The van der Waals surface area contributed by atoms with Crippen molar-refractivity contribution in [2.45, 2.75) is 0 Å². The van der Waals surface area contributed by atoms with Crippen molar-refractivity contribution in [1.29, 1.82) is 0 Å². The largest absolute Gasteiger partial charge is 0.327 e. The second kappa shape index (κ2) is 17.6. The van der Waals surface area contributed by atoms with E-state index in [-0.39, 0.29) is 0 Å². The zero-order valence-corrected chi connectivity index (χ0v) is 42.8. The molecule has 14 rings (SSSR count). The van der Waals surface area contributed by atoms with Gasteiger partial charge in [0.05, 0.1) is 27.8 Å². The second-order valence-corrected chi connectivity index (χ2v) is 26.9. The molecule has 1 aliphatic rings. The molecule has 350 valence electrons. The Morgan fingerprint density at radius 1 is 0.432 bits per heavy atom. The van der Waals surface area contributed by atoms with Crippen LogP contribution < -0.4 is 46.4 Å². The molecule has 4 heterocycles. The lowest BCUT2D eigenvalue weighted by Crippen LogP contribution is -2.78. The van der Waals surface area contributed by atoms with E-state index in [1.54, 1.807) is 0 Å². The monoisotopic (exact) mass is 979 g/mol. The molecule has 3 aromatic heterocycles. The van der Waals surface area contributed by atoms with Crippen molar-refractivity contribution < 1.29 is 0 Å². The molecule has 0 aliphatic carbocycles. The quantitative estimate of drug-likeness (QED) is 0.107. The molecule has 13 aromatic rings.